The predicted octanol–water partition coefficient (Wildman–Crippen LogP) is -0.323. The molecule has 3 N–H and O–H groups in total. The van der Waals surface area contributed by atoms with Crippen LogP contribution in [-0.2, 0) is 11.3 Å². The summed E-state index contributed by atoms with van der Waals surface area (Å²) in [7, 11) is 0. The topological polar surface area (TPSA) is 121 Å². The normalized spacial score (nSPS) is 12.7. The Bertz CT molecular complexity index is 665. The van der Waals surface area contributed by atoms with Gasteiger partial charge in [-0.05, 0) is 6.92 Å². The molecule has 0 saturated heterocycles. The first kappa shape index (κ1) is 13.6. The Hall–Kier alpha value is -1.87. The van der Waals surface area contributed by atoms with E-state index in [0.29, 0.717) is 11.0 Å². The number of carboxylic acid groups (broad SMARTS) is 1. The van der Waals surface area contributed by atoms with Crippen molar-refractivity contribution < 1.29 is 15.0 Å². The van der Waals surface area contributed by atoms with Crippen LogP contribution in [0.5, 0.6) is 0 Å². The van der Waals surface area contributed by atoms with Crippen LogP contribution in [0.15, 0.2) is 16.1 Å². The summed E-state index contributed by atoms with van der Waals surface area (Å²) in [5, 5.41) is 21.5. The molecule has 2 aromatic rings. The molecule has 8 nitrogen and oxygen atoms in total. The molecule has 2 rings (SSSR count). The predicted molar refractivity (Wildman–Crippen MR) is 68.2 cm³/mol. The summed E-state index contributed by atoms with van der Waals surface area (Å²) in [5.74, 6) is -0.989. The highest BCUT2D eigenvalue weighted by Crippen LogP contribution is 2.19. The smallest absolute Gasteiger partial charge is 0.316 e. The number of thioether (sulfide) groups is 1. The Morgan fingerprint density at radius 1 is 1.63 bits per heavy atom. The zero-order valence-corrected chi connectivity index (χ0v) is 10.8. The molecule has 0 saturated carbocycles. The van der Waals surface area contributed by atoms with Gasteiger partial charge < -0.3 is 15.2 Å². The van der Waals surface area contributed by atoms with Crippen LogP contribution in [0.4, 0.5) is 0 Å². The van der Waals surface area contributed by atoms with E-state index in [1.165, 1.54) is 17.8 Å². The number of carbonyl (C=O) groups is 1. The third-order valence-corrected chi connectivity index (χ3v) is 3.40. The minimum atomic E-state index is -0.989. The number of carboxylic acids is 1. The Morgan fingerprint density at radius 3 is 3.00 bits per heavy atom. The fourth-order valence-corrected chi connectivity index (χ4v) is 2.20. The highest BCUT2D eigenvalue weighted by atomic mass is 32.2. The minimum absolute atomic E-state index is 0.126. The van der Waals surface area contributed by atoms with Gasteiger partial charge in [0.1, 0.15) is 10.6 Å². The number of aromatic amines is 1. The third-order valence-electron chi connectivity index (χ3n) is 2.43. The minimum Gasteiger partial charge on any atom is -0.480 e. The Balaban J connectivity index is 2.44. The molecule has 0 spiro atoms. The van der Waals surface area contributed by atoms with E-state index in [4.69, 9.17) is 10.2 Å². The molecule has 0 aliphatic rings. The van der Waals surface area contributed by atoms with Crippen molar-refractivity contribution in [2.45, 2.75) is 23.9 Å². The molecular formula is C10H12N4O4S. The zero-order valence-electron chi connectivity index (χ0n) is 10.0. The van der Waals surface area contributed by atoms with E-state index in [9.17, 15) is 9.59 Å². The van der Waals surface area contributed by atoms with Gasteiger partial charge in [0.05, 0.1) is 19.3 Å². The van der Waals surface area contributed by atoms with Crippen molar-refractivity contribution in [2.75, 3.05) is 6.61 Å². The first-order valence-electron chi connectivity index (χ1n) is 5.49. The number of aliphatic hydroxyl groups is 1. The molecule has 0 fully saturated rings. The monoisotopic (exact) mass is 284 g/mol. The summed E-state index contributed by atoms with van der Waals surface area (Å²) < 4.78 is 1.40. The Kier molecular flexibility index (Phi) is 3.86. The number of aliphatic hydroxyl groups excluding tert-OH is 1. The van der Waals surface area contributed by atoms with Gasteiger partial charge in [0, 0.05) is 0 Å². The average Bonchev–Trinajstić information content (AvgIpc) is 2.73. The molecule has 2 heterocycles. The second kappa shape index (κ2) is 5.41. The van der Waals surface area contributed by atoms with Crippen LogP contribution in [-0.4, -0.2) is 47.8 Å². The van der Waals surface area contributed by atoms with Crippen LogP contribution in [0.3, 0.4) is 0 Å². The number of aliphatic carboxylic acids is 1. The summed E-state index contributed by atoms with van der Waals surface area (Å²) in [6, 6.07) is 0. The number of H-pyrrole nitrogens is 1. The average molecular weight is 284 g/mol. The largest absolute Gasteiger partial charge is 0.480 e. The van der Waals surface area contributed by atoms with Crippen molar-refractivity contribution in [3.63, 3.8) is 0 Å². The Labute approximate surface area is 111 Å². The first-order valence-corrected chi connectivity index (χ1v) is 6.37. The standard InChI is InChI=1S/C10H12N4O4S/c1-5(9(17)18)19-10-12-7-6(8(16)13-10)4-11-14(7)2-3-15/h4-5,15H,2-3H2,1H3,(H,17,18)(H,12,13,16)/t5-/m1/s1. The summed E-state index contributed by atoms with van der Waals surface area (Å²) in [4.78, 5) is 29.3. The van der Waals surface area contributed by atoms with Gasteiger partial charge in [-0.1, -0.05) is 11.8 Å². The van der Waals surface area contributed by atoms with E-state index in [1.54, 1.807) is 0 Å². The number of nitrogens with zero attached hydrogens (tertiary/aromatic N) is 3. The Morgan fingerprint density at radius 2 is 2.37 bits per heavy atom. The lowest BCUT2D eigenvalue weighted by molar-refractivity contribution is -0.136. The molecule has 0 unspecified atom stereocenters. The summed E-state index contributed by atoms with van der Waals surface area (Å²) in [6.45, 7) is 1.60. The summed E-state index contributed by atoms with van der Waals surface area (Å²) in [6.07, 6.45) is 1.37. The quantitative estimate of drug-likeness (QED) is 0.508. The highest BCUT2D eigenvalue weighted by Gasteiger charge is 2.16. The van der Waals surface area contributed by atoms with Gasteiger partial charge >= 0.3 is 5.97 Å². The molecule has 0 amide bonds. The van der Waals surface area contributed by atoms with Crippen LogP contribution in [0.25, 0.3) is 11.0 Å². The van der Waals surface area contributed by atoms with Gasteiger partial charge in [-0.3, -0.25) is 9.59 Å². The fourth-order valence-electron chi connectivity index (χ4n) is 1.48. The number of rotatable bonds is 5. The molecule has 9 heteroatoms. The summed E-state index contributed by atoms with van der Waals surface area (Å²) in [5.41, 5.74) is -0.0489. The van der Waals surface area contributed by atoms with Crippen molar-refractivity contribution in [1.29, 1.82) is 0 Å². The molecule has 0 radical (unpaired) electrons. The maximum Gasteiger partial charge on any atom is 0.316 e. The van der Waals surface area contributed by atoms with Crippen LogP contribution < -0.4 is 5.56 Å². The van der Waals surface area contributed by atoms with Gasteiger partial charge in [-0.25, -0.2) is 9.67 Å². The van der Waals surface area contributed by atoms with Crippen molar-refractivity contribution in [1.82, 2.24) is 19.7 Å². The maximum absolute atomic E-state index is 11.8. The number of hydrogen-bond acceptors (Lipinski definition) is 6. The maximum atomic E-state index is 11.8. The van der Waals surface area contributed by atoms with Gasteiger partial charge in [0.2, 0.25) is 0 Å². The van der Waals surface area contributed by atoms with Crippen LogP contribution >= 0.6 is 11.8 Å². The third kappa shape index (κ3) is 2.76. The molecule has 0 aromatic carbocycles. The molecule has 0 bridgehead atoms. The fraction of sp³-hybridized carbons (Fsp3) is 0.400. The lowest BCUT2D eigenvalue weighted by Gasteiger charge is -2.05. The number of hydrogen-bond donors (Lipinski definition) is 3. The second-order valence-corrected chi connectivity index (χ2v) is 5.13. The van der Waals surface area contributed by atoms with Gasteiger partial charge in [-0.2, -0.15) is 5.10 Å². The van der Waals surface area contributed by atoms with Crippen molar-refractivity contribution in [2.24, 2.45) is 0 Å². The van der Waals surface area contributed by atoms with Crippen molar-refractivity contribution >= 4 is 28.8 Å². The second-order valence-electron chi connectivity index (χ2n) is 3.80. The van der Waals surface area contributed by atoms with E-state index >= 15 is 0 Å². The van der Waals surface area contributed by atoms with E-state index in [1.807, 2.05) is 0 Å². The number of fused-ring (bicyclic) bond motifs is 1. The van der Waals surface area contributed by atoms with E-state index in [-0.39, 0.29) is 23.9 Å². The van der Waals surface area contributed by atoms with Crippen LogP contribution in [0.2, 0.25) is 0 Å². The van der Waals surface area contributed by atoms with Gasteiger partial charge in [0.15, 0.2) is 10.8 Å². The SMILES string of the molecule is C[C@@H](Sc1nc2c(cnn2CCO)c(=O)[nH]1)C(=O)O. The van der Waals surface area contributed by atoms with E-state index in [2.05, 4.69) is 15.1 Å². The lowest BCUT2D eigenvalue weighted by Crippen LogP contribution is -2.15. The summed E-state index contributed by atoms with van der Waals surface area (Å²) >= 11 is 0.941. The lowest BCUT2D eigenvalue weighted by atomic mass is 10.4. The molecule has 0 aliphatic heterocycles. The van der Waals surface area contributed by atoms with Crippen molar-refractivity contribution in [3.8, 4) is 0 Å². The molecule has 102 valence electrons. The molecular weight excluding hydrogens is 272 g/mol. The van der Waals surface area contributed by atoms with Gasteiger partial charge in [-0.15, -0.1) is 0 Å². The molecule has 1 atom stereocenters. The number of nitrogens with one attached hydrogen (secondary N) is 1. The molecule has 19 heavy (non-hydrogen) atoms. The van der Waals surface area contributed by atoms with E-state index < -0.39 is 11.2 Å². The number of aromatic nitrogens is 4. The first-order chi connectivity index (χ1) is 9.02. The highest BCUT2D eigenvalue weighted by molar-refractivity contribution is 8.00. The van der Waals surface area contributed by atoms with Crippen LogP contribution in [0.1, 0.15) is 6.92 Å². The van der Waals surface area contributed by atoms with Gasteiger partial charge in [0.25, 0.3) is 5.56 Å². The van der Waals surface area contributed by atoms with Crippen molar-refractivity contribution in [3.05, 3.63) is 16.6 Å². The molecule has 0 aliphatic carbocycles. The zero-order chi connectivity index (χ0) is 14.0. The van der Waals surface area contributed by atoms with Crippen LogP contribution in [0, 0.1) is 0 Å². The molecule has 2 aromatic heterocycles. The van der Waals surface area contributed by atoms with E-state index in [0.717, 1.165) is 11.8 Å².